The van der Waals surface area contributed by atoms with Gasteiger partial charge in [0.25, 0.3) is 0 Å². The van der Waals surface area contributed by atoms with Gasteiger partial charge < -0.3 is 0 Å². The molecule has 0 amide bonds. The first kappa shape index (κ1) is 7.73. The first-order chi connectivity index (χ1) is 5.81. The summed E-state index contributed by atoms with van der Waals surface area (Å²) >= 11 is 3.39. The van der Waals surface area contributed by atoms with E-state index in [1.807, 2.05) is 23.6 Å². The van der Waals surface area contributed by atoms with E-state index >= 15 is 0 Å². The number of nitrogens with zero attached hydrogens (tertiary/aromatic N) is 3. The highest BCUT2D eigenvalue weighted by atomic mass is 79.9. The van der Waals surface area contributed by atoms with E-state index in [1.54, 1.807) is 0 Å². The maximum atomic E-state index is 4.02. The third-order valence-corrected chi connectivity index (χ3v) is 2.45. The number of pyridine rings is 1. The molecule has 0 spiro atoms. The Morgan fingerprint density at radius 2 is 2.33 bits per heavy atom. The van der Waals surface area contributed by atoms with Crippen LogP contribution in [0.2, 0.25) is 0 Å². The minimum absolute atomic E-state index is 0.857. The molecule has 4 heteroatoms. The quantitative estimate of drug-likeness (QED) is 0.695. The number of halogens is 1. The maximum absolute atomic E-state index is 4.02. The predicted octanol–water partition coefficient (Wildman–Crippen LogP) is 1.93. The number of fused-ring (bicyclic) bond motifs is 1. The number of aromatic nitrogens is 3. The molecule has 3 nitrogen and oxygen atoms in total. The fraction of sp³-hybridized carbons (Fsp3) is 0.250. The molecule has 0 saturated carbocycles. The molecule has 2 aromatic rings. The standard InChI is InChI=1S/C8H8BrN3/c1-6-10-11-8-4-7(5-9)2-3-12(6)8/h2-4H,5H2,1H3. The molecule has 0 fully saturated rings. The van der Waals surface area contributed by atoms with Crippen LogP contribution in [0.25, 0.3) is 5.65 Å². The molecule has 62 valence electrons. The fourth-order valence-corrected chi connectivity index (χ4v) is 1.48. The van der Waals surface area contributed by atoms with Crippen LogP contribution in [-0.4, -0.2) is 14.6 Å². The summed E-state index contributed by atoms with van der Waals surface area (Å²) in [5.41, 5.74) is 2.12. The van der Waals surface area contributed by atoms with E-state index in [-0.39, 0.29) is 0 Å². The number of rotatable bonds is 1. The zero-order valence-corrected chi connectivity index (χ0v) is 8.24. The van der Waals surface area contributed by atoms with Gasteiger partial charge in [-0.15, -0.1) is 10.2 Å². The van der Waals surface area contributed by atoms with Crippen LogP contribution in [-0.2, 0) is 5.33 Å². The van der Waals surface area contributed by atoms with Gasteiger partial charge in [-0.05, 0) is 24.6 Å². The summed E-state index contributed by atoms with van der Waals surface area (Å²) in [6.45, 7) is 1.94. The summed E-state index contributed by atoms with van der Waals surface area (Å²) in [7, 11) is 0. The Morgan fingerprint density at radius 1 is 1.50 bits per heavy atom. The summed E-state index contributed by atoms with van der Waals surface area (Å²) < 4.78 is 1.96. The molecule has 0 radical (unpaired) electrons. The highest BCUT2D eigenvalue weighted by molar-refractivity contribution is 9.08. The summed E-state index contributed by atoms with van der Waals surface area (Å²) in [6, 6.07) is 4.08. The highest BCUT2D eigenvalue weighted by Crippen LogP contribution is 2.09. The minimum Gasteiger partial charge on any atom is -0.287 e. The van der Waals surface area contributed by atoms with Gasteiger partial charge in [-0.1, -0.05) is 15.9 Å². The Morgan fingerprint density at radius 3 is 3.08 bits per heavy atom. The summed E-state index contributed by atoms with van der Waals surface area (Å²) in [5.74, 6) is 0.922. The monoisotopic (exact) mass is 225 g/mol. The van der Waals surface area contributed by atoms with E-state index in [2.05, 4.69) is 32.2 Å². The summed E-state index contributed by atoms with van der Waals surface area (Å²) in [4.78, 5) is 0. The molecule has 0 saturated heterocycles. The molecule has 2 rings (SSSR count). The molecule has 0 bridgehead atoms. The smallest absolute Gasteiger partial charge is 0.161 e. The molecule has 0 aromatic carbocycles. The normalized spacial score (nSPS) is 10.8. The Labute approximate surface area is 78.6 Å². The first-order valence-electron chi connectivity index (χ1n) is 3.67. The fourth-order valence-electron chi connectivity index (χ4n) is 1.14. The Bertz CT molecular complexity index is 408. The third-order valence-electron chi connectivity index (χ3n) is 1.80. The van der Waals surface area contributed by atoms with Gasteiger partial charge in [0.15, 0.2) is 5.65 Å². The number of alkyl halides is 1. The van der Waals surface area contributed by atoms with Crippen LogP contribution in [0.5, 0.6) is 0 Å². The van der Waals surface area contributed by atoms with Crippen molar-refractivity contribution in [1.29, 1.82) is 0 Å². The average Bonchev–Trinajstić information content (AvgIpc) is 2.47. The van der Waals surface area contributed by atoms with E-state index in [9.17, 15) is 0 Å². The number of hydrogen-bond acceptors (Lipinski definition) is 2. The SMILES string of the molecule is Cc1nnc2cc(CBr)ccn12. The number of aryl methyl sites for hydroxylation is 1. The second-order valence-electron chi connectivity index (χ2n) is 2.64. The summed E-state index contributed by atoms with van der Waals surface area (Å²) in [5, 5.41) is 8.84. The minimum atomic E-state index is 0.857. The van der Waals surface area contributed by atoms with Crippen LogP contribution in [0.1, 0.15) is 11.4 Å². The van der Waals surface area contributed by atoms with E-state index in [4.69, 9.17) is 0 Å². The van der Waals surface area contributed by atoms with E-state index in [0.29, 0.717) is 0 Å². The Balaban J connectivity index is 2.69. The number of hydrogen-bond donors (Lipinski definition) is 0. The highest BCUT2D eigenvalue weighted by Gasteiger charge is 1.99. The molecule has 12 heavy (non-hydrogen) atoms. The van der Waals surface area contributed by atoms with Gasteiger partial charge in [-0.3, -0.25) is 4.40 Å². The van der Waals surface area contributed by atoms with Crippen molar-refractivity contribution in [1.82, 2.24) is 14.6 Å². The van der Waals surface area contributed by atoms with E-state index < -0.39 is 0 Å². The lowest BCUT2D eigenvalue weighted by Crippen LogP contribution is -1.88. The Hall–Kier alpha value is -0.900. The van der Waals surface area contributed by atoms with Crippen LogP contribution in [0, 0.1) is 6.92 Å². The topological polar surface area (TPSA) is 30.2 Å². The molecule has 0 aliphatic rings. The largest absolute Gasteiger partial charge is 0.287 e. The third kappa shape index (κ3) is 1.12. The van der Waals surface area contributed by atoms with Crippen molar-refractivity contribution in [2.75, 3.05) is 0 Å². The molecular weight excluding hydrogens is 218 g/mol. The lowest BCUT2D eigenvalue weighted by atomic mass is 10.3. The molecule has 0 N–H and O–H groups in total. The lowest BCUT2D eigenvalue weighted by molar-refractivity contribution is 1.01. The van der Waals surface area contributed by atoms with Crippen molar-refractivity contribution in [3.63, 3.8) is 0 Å². The molecule has 0 unspecified atom stereocenters. The van der Waals surface area contributed by atoms with E-state index in [1.165, 1.54) is 5.56 Å². The van der Waals surface area contributed by atoms with Crippen molar-refractivity contribution >= 4 is 21.6 Å². The van der Waals surface area contributed by atoms with Gasteiger partial charge in [0, 0.05) is 11.5 Å². The van der Waals surface area contributed by atoms with Gasteiger partial charge in [-0.2, -0.15) is 0 Å². The molecule has 2 heterocycles. The van der Waals surface area contributed by atoms with Crippen molar-refractivity contribution in [3.05, 3.63) is 29.7 Å². The molecule has 0 atom stereocenters. The first-order valence-corrected chi connectivity index (χ1v) is 4.79. The predicted molar refractivity (Wildman–Crippen MR) is 50.4 cm³/mol. The van der Waals surface area contributed by atoms with Crippen LogP contribution in [0.4, 0.5) is 0 Å². The van der Waals surface area contributed by atoms with E-state index in [0.717, 1.165) is 16.8 Å². The Kier molecular flexibility index (Phi) is 1.84. The van der Waals surface area contributed by atoms with Crippen LogP contribution in [0.15, 0.2) is 18.3 Å². The van der Waals surface area contributed by atoms with Crippen LogP contribution >= 0.6 is 15.9 Å². The molecular formula is C8H8BrN3. The molecule has 0 aliphatic carbocycles. The zero-order chi connectivity index (χ0) is 8.55. The molecule has 2 aromatic heterocycles. The zero-order valence-electron chi connectivity index (χ0n) is 6.66. The average molecular weight is 226 g/mol. The second kappa shape index (κ2) is 2.86. The van der Waals surface area contributed by atoms with Gasteiger partial charge in [-0.25, -0.2) is 0 Å². The van der Waals surface area contributed by atoms with Crippen LogP contribution < -0.4 is 0 Å². The van der Waals surface area contributed by atoms with Crippen molar-refractivity contribution < 1.29 is 0 Å². The van der Waals surface area contributed by atoms with Gasteiger partial charge in [0.05, 0.1) is 0 Å². The van der Waals surface area contributed by atoms with Gasteiger partial charge in [0.2, 0.25) is 0 Å². The van der Waals surface area contributed by atoms with Crippen molar-refractivity contribution in [2.24, 2.45) is 0 Å². The van der Waals surface area contributed by atoms with Crippen molar-refractivity contribution in [3.8, 4) is 0 Å². The van der Waals surface area contributed by atoms with Crippen molar-refractivity contribution in [2.45, 2.75) is 12.3 Å². The molecule has 0 aliphatic heterocycles. The van der Waals surface area contributed by atoms with Gasteiger partial charge in [0.1, 0.15) is 5.82 Å². The lowest BCUT2D eigenvalue weighted by Gasteiger charge is -1.96. The van der Waals surface area contributed by atoms with Crippen LogP contribution in [0.3, 0.4) is 0 Å². The second-order valence-corrected chi connectivity index (χ2v) is 3.20. The van der Waals surface area contributed by atoms with Gasteiger partial charge >= 0.3 is 0 Å². The maximum Gasteiger partial charge on any atom is 0.161 e. The summed E-state index contributed by atoms with van der Waals surface area (Å²) in [6.07, 6.45) is 1.99.